The molecule has 3 nitrogen and oxygen atoms in total. The predicted octanol–water partition coefficient (Wildman–Crippen LogP) is 3.20. The summed E-state index contributed by atoms with van der Waals surface area (Å²) in [4.78, 5) is 8.54. The molecule has 3 heteroatoms. The van der Waals surface area contributed by atoms with Gasteiger partial charge in [-0.15, -0.1) is 0 Å². The fourth-order valence-electron chi connectivity index (χ4n) is 1.70. The van der Waals surface area contributed by atoms with Crippen molar-refractivity contribution in [1.82, 2.24) is 9.97 Å². The largest absolute Gasteiger partial charge is 0.418 e. The molecule has 0 atom stereocenters. The number of aryl methyl sites for hydroxylation is 1. The molecule has 0 amide bonds. The Hall–Kier alpha value is -2.16. The summed E-state index contributed by atoms with van der Waals surface area (Å²) in [5.41, 5.74) is 3.54. The van der Waals surface area contributed by atoms with Gasteiger partial charge in [0.05, 0.1) is 0 Å². The van der Waals surface area contributed by atoms with E-state index in [9.17, 15) is 0 Å². The van der Waals surface area contributed by atoms with E-state index in [0.717, 1.165) is 16.6 Å². The van der Waals surface area contributed by atoms with Gasteiger partial charge >= 0.3 is 0 Å². The first kappa shape index (κ1) is 9.09. The topological polar surface area (TPSA) is 38.9 Å². The second-order valence-corrected chi connectivity index (χ2v) is 3.66. The maximum Gasteiger partial charge on any atom is 0.247 e. The Bertz CT molecular complexity index is 610. The monoisotopic (exact) mass is 210 g/mol. The van der Waals surface area contributed by atoms with Gasteiger partial charge in [-0.2, -0.15) is 0 Å². The molecule has 0 saturated heterocycles. The molecular formula is C13H10N2O. The van der Waals surface area contributed by atoms with Gasteiger partial charge in [-0.05, 0) is 30.7 Å². The van der Waals surface area contributed by atoms with Crippen molar-refractivity contribution in [1.29, 1.82) is 0 Å². The summed E-state index contributed by atoms with van der Waals surface area (Å²) in [7, 11) is 0. The van der Waals surface area contributed by atoms with Crippen LogP contribution in [0.1, 0.15) is 5.56 Å². The number of pyridine rings is 1. The fourth-order valence-corrected chi connectivity index (χ4v) is 1.70. The lowest BCUT2D eigenvalue weighted by Gasteiger charge is -1.98. The summed E-state index contributed by atoms with van der Waals surface area (Å²) in [5.74, 6) is 0.631. The maximum atomic E-state index is 5.61. The van der Waals surface area contributed by atoms with Gasteiger partial charge in [0.25, 0.3) is 0 Å². The number of fused-ring (bicyclic) bond motifs is 1. The number of oxazole rings is 1. The quantitative estimate of drug-likeness (QED) is 0.619. The van der Waals surface area contributed by atoms with Gasteiger partial charge in [0.1, 0.15) is 5.52 Å². The van der Waals surface area contributed by atoms with Crippen LogP contribution < -0.4 is 0 Å². The Kier molecular flexibility index (Phi) is 1.96. The molecule has 0 aliphatic carbocycles. The third kappa shape index (κ3) is 1.37. The second kappa shape index (κ2) is 3.45. The van der Waals surface area contributed by atoms with Crippen molar-refractivity contribution in [2.45, 2.75) is 6.92 Å². The minimum Gasteiger partial charge on any atom is -0.418 e. The van der Waals surface area contributed by atoms with Gasteiger partial charge in [0, 0.05) is 11.8 Å². The highest BCUT2D eigenvalue weighted by atomic mass is 16.4. The zero-order valence-corrected chi connectivity index (χ0v) is 8.84. The molecule has 3 rings (SSSR count). The Morgan fingerprint density at radius 3 is 2.75 bits per heavy atom. The molecule has 0 fully saturated rings. The molecule has 0 saturated carbocycles. The smallest absolute Gasteiger partial charge is 0.247 e. The number of nitrogens with zero attached hydrogens (tertiary/aromatic N) is 2. The van der Waals surface area contributed by atoms with Crippen LogP contribution in [0.5, 0.6) is 0 Å². The van der Waals surface area contributed by atoms with E-state index in [-0.39, 0.29) is 0 Å². The van der Waals surface area contributed by atoms with Gasteiger partial charge in [0.2, 0.25) is 11.6 Å². The lowest BCUT2D eigenvalue weighted by molar-refractivity contribution is 0.607. The summed E-state index contributed by atoms with van der Waals surface area (Å²) in [6.07, 6.45) is 1.70. The molecule has 2 heterocycles. The molecule has 0 radical (unpaired) electrons. The van der Waals surface area contributed by atoms with Crippen molar-refractivity contribution in [3.63, 3.8) is 0 Å². The highest BCUT2D eigenvalue weighted by Crippen LogP contribution is 2.25. The average molecular weight is 210 g/mol. The molecule has 3 aromatic rings. The minimum atomic E-state index is 0.584. The molecule has 78 valence electrons. The first-order chi connectivity index (χ1) is 7.84. The van der Waals surface area contributed by atoms with Gasteiger partial charge in [-0.1, -0.05) is 18.2 Å². The van der Waals surface area contributed by atoms with Crippen molar-refractivity contribution in [2.24, 2.45) is 0 Å². The van der Waals surface area contributed by atoms with Gasteiger partial charge in [-0.3, -0.25) is 0 Å². The summed E-state index contributed by atoms with van der Waals surface area (Å²) >= 11 is 0. The van der Waals surface area contributed by atoms with Crippen molar-refractivity contribution < 1.29 is 4.42 Å². The van der Waals surface area contributed by atoms with Crippen LogP contribution in [0.4, 0.5) is 0 Å². The Morgan fingerprint density at radius 1 is 1.06 bits per heavy atom. The number of benzene rings is 1. The van der Waals surface area contributed by atoms with Crippen molar-refractivity contribution in [3.05, 3.63) is 48.2 Å². The third-order valence-corrected chi connectivity index (χ3v) is 2.54. The van der Waals surface area contributed by atoms with Gasteiger partial charge in [0.15, 0.2) is 0 Å². The van der Waals surface area contributed by atoms with E-state index in [1.54, 1.807) is 6.20 Å². The molecule has 0 N–H and O–H groups in total. The van der Waals surface area contributed by atoms with Crippen LogP contribution in [-0.4, -0.2) is 9.97 Å². The molecule has 0 aliphatic heterocycles. The first-order valence-corrected chi connectivity index (χ1v) is 5.12. The molecule has 0 bridgehead atoms. The van der Waals surface area contributed by atoms with Crippen molar-refractivity contribution >= 4 is 11.2 Å². The zero-order valence-electron chi connectivity index (χ0n) is 8.84. The maximum absolute atomic E-state index is 5.61. The van der Waals surface area contributed by atoms with Crippen LogP contribution in [0.2, 0.25) is 0 Å². The summed E-state index contributed by atoms with van der Waals surface area (Å²) < 4.78 is 5.61. The summed E-state index contributed by atoms with van der Waals surface area (Å²) in [6, 6.07) is 11.8. The molecule has 2 aromatic heterocycles. The standard InChI is InChI=1S/C13H10N2O/c1-9-5-2-3-6-10(9)12-15-11-7-4-8-14-13(11)16-12/h2-8H,1H3. The lowest BCUT2D eigenvalue weighted by Crippen LogP contribution is -1.81. The van der Waals surface area contributed by atoms with Gasteiger partial charge < -0.3 is 4.42 Å². The molecule has 0 unspecified atom stereocenters. The minimum absolute atomic E-state index is 0.584. The van der Waals surface area contributed by atoms with E-state index in [4.69, 9.17) is 4.42 Å². The Balaban J connectivity index is 2.23. The highest BCUT2D eigenvalue weighted by Gasteiger charge is 2.09. The van der Waals surface area contributed by atoms with E-state index in [1.807, 2.05) is 43.3 Å². The first-order valence-electron chi connectivity index (χ1n) is 5.12. The van der Waals surface area contributed by atoms with E-state index >= 15 is 0 Å². The number of hydrogen-bond donors (Lipinski definition) is 0. The van der Waals surface area contributed by atoms with E-state index in [1.165, 1.54) is 0 Å². The highest BCUT2D eigenvalue weighted by molar-refractivity contribution is 5.73. The predicted molar refractivity (Wildman–Crippen MR) is 62.0 cm³/mol. The van der Waals surface area contributed by atoms with Gasteiger partial charge in [-0.25, -0.2) is 9.97 Å². The summed E-state index contributed by atoms with van der Waals surface area (Å²) in [5, 5.41) is 0. The fraction of sp³-hybridized carbons (Fsp3) is 0.0769. The van der Waals surface area contributed by atoms with Crippen molar-refractivity contribution in [3.8, 4) is 11.5 Å². The number of hydrogen-bond acceptors (Lipinski definition) is 3. The van der Waals surface area contributed by atoms with E-state index in [2.05, 4.69) is 9.97 Å². The van der Waals surface area contributed by atoms with Crippen LogP contribution in [0, 0.1) is 6.92 Å². The summed E-state index contributed by atoms with van der Waals surface area (Å²) in [6.45, 7) is 2.04. The molecule has 16 heavy (non-hydrogen) atoms. The normalized spacial score (nSPS) is 10.8. The Labute approximate surface area is 92.8 Å². The molecular weight excluding hydrogens is 200 g/mol. The van der Waals surface area contributed by atoms with Crippen LogP contribution >= 0.6 is 0 Å². The molecule has 0 spiro atoms. The number of aromatic nitrogens is 2. The van der Waals surface area contributed by atoms with Crippen LogP contribution in [-0.2, 0) is 0 Å². The van der Waals surface area contributed by atoms with E-state index < -0.39 is 0 Å². The third-order valence-electron chi connectivity index (χ3n) is 2.54. The van der Waals surface area contributed by atoms with E-state index in [0.29, 0.717) is 11.6 Å². The molecule has 0 aliphatic rings. The van der Waals surface area contributed by atoms with Crippen LogP contribution in [0.25, 0.3) is 22.7 Å². The van der Waals surface area contributed by atoms with Crippen LogP contribution in [0.3, 0.4) is 0 Å². The lowest BCUT2D eigenvalue weighted by atomic mass is 10.1. The second-order valence-electron chi connectivity index (χ2n) is 3.66. The Morgan fingerprint density at radius 2 is 1.94 bits per heavy atom. The molecule has 1 aromatic carbocycles. The van der Waals surface area contributed by atoms with Crippen LogP contribution in [0.15, 0.2) is 47.0 Å². The average Bonchev–Trinajstić information content (AvgIpc) is 2.73. The van der Waals surface area contributed by atoms with Crippen molar-refractivity contribution in [2.75, 3.05) is 0 Å². The zero-order chi connectivity index (χ0) is 11.0. The number of rotatable bonds is 1. The SMILES string of the molecule is Cc1ccccc1-c1nc2cccnc2o1.